The van der Waals surface area contributed by atoms with Gasteiger partial charge < -0.3 is 15.0 Å². The molecule has 0 aliphatic carbocycles. The Labute approximate surface area is 131 Å². The van der Waals surface area contributed by atoms with Crippen LogP contribution in [-0.4, -0.2) is 37.2 Å². The summed E-state index contributed by atoms with van der Waals surface area (Å²) in [5.74, 6) is 0. The van der Waals surface area contributed by atoms with E-state index in [-0.39, 0.29) is 11.4 Å². The first-order valence-corrected chi connectivity index (χ1v) is 7.81. The largest absolute Gasteiger partial charge is 0.380 e. The fourth-order valence-corrected chi connectivity index (χ4v) is 2.59. The standard InChI is InChI=1S/C16H23ClN2O2/c1-3-16(11-21-12-16)10-18-15(20)19(4-2)9-13-6-5-7-14(17)8-13/h5-8H,3-4,9-12H2,1-2H3,(H,18,20). The predicted molar refractivity (Wildman–Crippen MR) is 84.5 cm³/mol. The molecule has 116 valence electrons. The Morgan fingerprint density at radius 3 is 2.71 bits per heavy atom. The van der Waals surface area contributed by atoms with Crippen molar-refractivity contribution in [3.05, 3.63) is 34.9 Å². The molecular formula is C16H23ClN2O2. The van der Waals surface area contributed by atoms with Gasteiger partial charge >= 0.3 is 6.03 Å². The van der Waals surface area contributed by atoms with E-state index in [2.05, 4.69) is 12.2 Å². The van der Waals surface area contributed by atoms with Crippen LogP contribution < -0.4 is 5.32 Å². The number of carbonyl (C=O) groups excluding carboxylic acids is 1. The topological polar surface area (TPSA) is 41.6 Å². The van der Waals surface area contributed by atoms with Crippen molar-refractivity contribution in [3.63, 3.8) is 0 Å². The van der Waals surface area contributed by atoms with Crippen LogP contribution in [0.4, 0.5) is 4.79 Å². The van der Waals surface area contributed by atoms with Gasteiger partial charge in [-0.25, -0.2) is 4.79 Å². The number of hydrogen-bond acceptors (Lipinski definition) is 2. The summed E-state index contributed by atoms with van der Waals surface area (Å²) >= 11 is 5.98. The Morgan fingerprint density at radius 2 is 2.19 bits per heavy atom. The Morgan fingerprint density at radius 1 is 1.43 bits per heavy atom. The predicted octanol–water partition coefficient (Wildman–Crippen LogP) is 3.30. The van der Waals surface area contributed by atoms with Crippen molar-refractivity contribution in [2.45, 2.75) is 26.8 Å². The van der Waals surface area contributed by atoms with Crippen LogP contribution >= 0.6 is 11.6 Å². The van der Waals surface area contributed by atoms with Crippen LogP contribution in [0.2, 0.25) is 5.02 Å². The maximum atomic E-state index is 12.3. The molecule has 0 saturated carbocycles. The second-order valence-electron chi connectivity index (χ2n) is 5.65. The number of nitrogens with one attached hydrogen (secondary N) is 1. The molecule has 0 bridgehead atoms. The molecule has 4 nitrogen and oxygen atoms in total. The summed E-state index contributed by atoms with van der Waals surface area (Å²) in [7, 11) is 0. The lowest BCUT2D eigenvalue weighted by Crippen LogP contribution is -2.52. The minimum Gasteiger partial charge on any atom is -0.380 e. The van der Waals surface area contributed by atoms with Gasteiger partial charge in [0.2, 0.25) is 0 Å². The van der Waals surface area contributed by atoms with Gasteiger partial charge in [0.05, 0.1) is 13.2 Å². The van der Waals surface area contributed by atoms with Gasteiger partial charge in [-0.3, -0.25) is 0 Å². The van der Waals surface area contributed by atoms with Gasteiger partial charge in [-0.1, -0.05) is 30.7 Å². The van der Waals surface area contributed by atoms with E-state index < -0.39 is 0 Å². The molecule has 1 aliphatic heterocycles. The summed E-state index contributed by atoms with van der Waals surface area (Å²) < 4.78 is 5.28. The fourth-order valence-electron chi connectivity index (χ4n) is 2.38. The summed E-state index contributed by atoms with van der Waals surface area (Å²) in [6.07, 6.45) is 1.02. The molecule has 1 aliphatic rings. The molecule has 1 heterocycles. The highest BCUT2D eigenvalue weighted by Gasteiger charge is 2.37. The molecule has 0 aromatic heterocycles. The number of carbonyl (C=O) groups is 1. The molecule has 1 N–H and O–H groups in total. The van der Waals surface area contributed by atoms with Crippen LogP contribution in [0.25, 0.3) is 0 Å². The molecule has 2 rings (SSSR count). The second-order valence-corrected chi connectivity index (χ2v) is 6.09. The first-order chi connectivity index (χ1) is 10.1. The van der Waals surface area contributed by atoms with E-state index >= 15 is 0 Å². The zero-order chi connectivity index (χ0) is 15.3. The number of rotatable bonds is 6. The van der Waals surface area contributed by atoms with Crippen molar-refractivity contribution in [2.75, 3.05) is 26.3 Å². The van der Waals surface area contributed by atoms with E-state index in [4.69, 9.17) is 16.3 Å². The number of nitrogens with zero attached hydrogens (tertiary/aromatic N) is 1. The van der Waals surface area contributed by atoms with Crippen molar-refractivity contribution in [3.8, 4) is 0 Å². The Balaban J connectivity index is 1.89. The van der Waals surface area contributed by atoms with Gasteiger partial charge in [0.15, 0.2) is 0 Å². The summed E-state index contributed by atoms with van der Waals surface area (Å²) in [6.45, 7) is 7.50. The highest BCUT2D eigenvalue weighted by Crippen LogP contribution is 2.30. The number of hydrogen-bond donors (Lipinski definition) is 1. The Kier molecular flexibility index (Phi) is 5.48. The average Bonchev–Trinajstić information content (AvgIpc) is 2.44. The van der Waals surface area contributed by atoms with Crippen LogP contribution in [0.3, 0.4) is 0 Å². The third-order valence-corrected chi connectivity index (χ3v) is 4.35. The van der Waals surface area contributed by atoms with E-state index in [0.29, 0.717) is 24.7 Å². The van der Waals surface area contributed by atoms with Crippen LogP contribution in [0, 0.1) is 5.41 Å². The molecule has 5 heteroatoms. The molecule has 1 fully saturated rings. The monoisotopic (exact) mass is 310 g/mol. The minimum atomic E-state index is -0.0304. The van der Waals surface area contributed by atoms with Gasteiger partial charge in [0, 0.05) is 30.1 Å². The third kappa shape index (κ3) is 4.11. The van der Waals surface area contributed by atoms with Gasteiger partial charge in [0.25, 0.3) is 0 Å². The van der Waals surface area contributed by atoms with Crippen LogP contribution in [0.5, 0.6) is 0 Å². The number of benzene rings is 1. The lowest BCUT2D eigenvalue weighted by atomic mass is 9.83. The summed E-state index contributed by atoms with van der Waals surface area (Å²) in [4.78, 5) is 14.1. The molecule has 0 unspecified atom stereocenters. The highest BCUT2D eigenvalue weighted by atomic mass is 35.5. The molecule has 0 radical (unpaired) electrons. The van der Waals surface area contributed by atoms with Gasteiger partial charge in [-0.2, -0.15) is 0 Å². The SMILES string of the molecule is CCN(Cc1cccc(Cl)c1)C(=O)NCC1(CC)COC1. The van der Waals surface area contributed by atoms with E-state index in [1.165, 1.54) is 0 Å². The Bertz CT molecular complexity index is 483. The van der Waals surface area contributed by atoms with Crippen LogP contribution in [-0.2, 0) is 11.3 Å². The van der Waals surface area contributed by atoms with E-state index in [9.17, 15) is 4.79 Å². The van der Waals surface area contributed by atoms with Gasteiger partial charge in [0.1, 0.15) is 0 Å². The number of halogens is 1. The fraction of sp³-hybridized carbons (Fsp3) is 0.562. The van der Waals surface area contributed by atoms with E-state index in [1.807, 2.05) is 31.2 Å². The Hall–Kier alpha value is -1.26. The quantitative estimate of drug-likeness (QED) is 0.876. The molecule has 0 atom stereocenters. The van der Waals surface area contributed by atoms with Gasteiger partial charge in [-0.05, 0) is 31.0 Å². The lowest BCUT2D eigenvalue weighted by molar-refractivity contribution is -0.111. The van der Waals surface area contributed by atoms with Crippen molar-refractivity contribution in [2.24, 2.45) is 5.41 Å². The summed E-state index contributed by atoms with van der Waals surface area (Å²) in [6, 6.07) is 7.58. The molecular weight excluding hydrogens is 288 g/mol. The van der Waals surface area contributed by atoms with Crippen LogP contribution in [0.15, 0.2) is 24.3 Å². The molecule has 1 saturated heterocycles. The maximum Gasteiger partial charge on any atom is 0.317 e. The van der Waals surface area contributed by atoms with E-state index in [1.54, 1.807) is 4.90 Å². The molecule has 1 aromatic rings. The lowest BCUT2D eigenvalue weighted by Gasteiger charge is -2.41. The maximum absolute atomic E-state index is 12.3. The number of ether oxygens (including phenoxy) is 1. The van der Waals surface area contributed by atoms with Crippen molar-refractivity contribution in [1.82, 2.24) is 10.2 Å². The van der Waals surface area contributed by atoms with Crippen molar-refractivity contribution < 1.29 is 9.53 Å². The first-order valence-electron chi connectivity index (χ1n) is 7.43. The summed E-state index contributed by atoms with van der Waals surface area (Å²) in [5.41, 5.74) is 1.17. The number of urea groups is 1. The van der Waals surface area contributed by atoms with Gasteiger partial charge in [-0.15, -0.1) is 0 Å². The second kappa shape index (κ2) is 7.14. The van der Waals surface area contributed by atoms with E-state index in [0.717, 1.165) is 25.2 Å². The zero-order valence-electron chi connectivity index (χ0n) is 12.7. The molecule has 1 aromatic carbocycles. The zero-order valence-corrected chi connectivity index (χ0v) is 13.4. The van der Waals surface area contributed by atoms with Crippen molar-refractivity contribution >= 4 is 17.6 Å². The first kappa shape index (κ1) is 16.1. The minimum absolute atomic E-state index is 0.0304. The van der Waals surface area contributed by atoms with Crippen LogP contribution in [0.1, 0.15) is 25.8 Å². The average molecular weight is 311 g/mol. The number of amides is 2. The third-order valence-electron chi connectivity index (χ3n) is 4.11. The molecule has 21 heavy (non-hydrogen) atoms. The smallest absolute Gasteiger partial charge is 0.317 e. The molecule has 0 spiro atoms. The normalized spacial score (nSPS) is 16.1. The highest BCUT2D eigenvalue weighted by molar-refractivity contribution is 6.30. The molecule has 2 amide bonds. The summed E-state index contributed by atoms with van der Waals surface area (Å²) in [5, 5.41) is 3.73. The van der Waals surface area contributed by atoms with Crippen molar-refractivity contribution in [1.29, 1.82) is 0 Å².